The van der Waals surface area contributed by atoms with Crippen LogP contribution in [-0.2, 0) is 4.79 Å². The number of allylic oxidation sites excluding steroid dienone is 1. The van der Waals surface area contributed by atoms with Crippen LogP contribution < -0.4 is 5.32 Å². The number of carbonyl (C=O) groups is 1. The van der Waals surface area contributed by atoms with Crippen molar-refractivity contribution in [2.45, 2.75) is 360 Å². The van der Waals surface area contributed by atoms with Crippen LogP contribution >= 0.6 is 0 Å². The van der Waals surface area contributed by atoms with Gasteiger partial charge in [-0.05, 0) is 19.3 Å². The lowest BCUT2D eigenvalue weighted by Gasteiger charge is -2.20. The monoisotopic (exact) mass is 902 g/mol. The highest BCUT2D eigenvalue weighted by Gasteiger charge is 2.18. The van der Waals surface area contributed by atoms with Crippen molar-refractivity contribution < 1.29 is 15.0 Å². The molecular weight excluding hydrogens is 783 g/mol. The molecule has 0 aliphatic carbocycles. The van der Waals surface area contributed by atoms with Crippen LogP contribution in [0.2, 0.25) is 0 Å². The fourth-order valence-electron chi connectivity index (χ4n) is 9.71. The summed E-state index contributed by atoms with van der Waals surface area (Å²) in [5, 5.41) is 23.2. The number of hydrogen-bond donors (Lipinski definition) is 3. The molecule has 0 aromatic heterocycles. The maximum atomic E-state index is 12.5. The quantitative estimate of drug-likeness (QED) is 0.0421. The Morgan fingerprint density at radius 2 is 0.578 bits per heavy atom. The van der Waals surface area contributed by atoms with Gasteiger partial charge in [-0.2, -0.15) is 0 Å². The normalized spacial score (nSPS) is 12.8. The third-order valence-corrected chi connectivity index (χ3v) is 14.3. The van der Waals surface area contributed by atoms with Crippen LogP contribution in [0.3, 0.4) is 0 Å². The minimum atomic E-state index is -0.836. The third kappa shape index (κ3) is 52.1. The summed E-state index contributed by atoms with van der Waals surface area (Å²) in [4.78, 5) is 12.5. The largest absolute Gasteiger partial charge is 0.394 e. The molecule has 4 nitrogen and oxygen atoms in total. The van der Waals surface area contributed by atoms with Crippen LogP contribution in [0.4, 0.5) is 0 Å². The van der Waals surface area contributed by atoms with Gasteiger partial charge in [0.15, 0.2) is 0 Å². The number of rotatable bonds is 56. The summed E-state index contributed by atoms with van der Waals surface area (Å²) in [6.45, 7) is 4.36. The molecule has 0 rings (SSSR count). The summed E-state index contributed by atoms with van der Waals surface area (Å²) in [5.41, 5.74) is 0. The lowest BCUT2D eigenvalue weighted by atomic mass is 10.0. The Hall–Kier alpha value is -0.870. The van der Waals surface area contributed by atoms with E-state index in [2.05, 4.69) is 19.2 Å². The molecule has 64 heavy (non-hydrogen) atoms. The minimum Gasteiger partial charge on any atom is -0.394 e. The number of carbonyl (C=O) groups excluding carboxylic acids is 1. The topological polar surface area (TPSA) is 69.6 Å². The van der Waals surface area contributed by atoms with Gasteiger partial charge < -0.3 is 15.5 Å². The van der Waals surface area contributed by atoms with Crippen molar-refractivity contribution in [3.8, 4) is 0 Å². The Bertz CT molecular complexity index is 890. The van der Waals surface area contributed by atoms with Crippen LogP contribution in [-0.4, -0.2) is 34.9 Å². The molecule has 3 N–H and O–H groups in total. The van der Waals surface area contributed by atoms with Crippen molar-refractivity contribution in [2.75, 3.05) is 6.61 Å². The fourth-order valence-corrected chi connectivity index (χ4v) is 9.71. The first-order chi connectivity index (χ1) is 31.7. The van der Waals surface area contributed by atoms with Crippen LogP contribution in [0.15, 0.2) is 12.2 Å². The van der Waals surface area contributed by atoms with Crippen molar-refractivity contribution in [1.82, 2.24) is 5.32 Å². The maximum absolute atomic E-state index is 12.5. The number of aliphatic hydroxyl groups excluding tert-OH is 2. The molecule has 0 radical (unpaired) electrons. The Morgan fingerprint density at radius 1 is 0.359 bits per heavy atom. The Kier molecular flexibility index (Phi) is 55.7. The van der Waals surface area contributed by atoms with E-state index in [1.54, 1.807) is 6.08 Å². The summed E-state index contributed by atoms with van der Waals surface area (Å²) < 4.78 is 0. The van der Waals surface area contributed by atoms with Gasteiger partial charge in [-0.25, -0.2) is 0 Å². The molecule has 0 saturated heterocycles. The first-order valence-electron chi connectivity index (χ1n) is 29.9. The van der Waals surface area contributed by atoms with E-state index in [1.165, 1.54) is 302 Å². The molecule has 0 spiro atoms. The highest BCUT2D eigenvalue weighted by molar-refractivity contribution is 5.76. The van der Waals surface area contributed by atoms with Crippen molar-refractivity contribution in [3.63, 3.8) is 0 Å². The molecule has 0 aliphatic rings. The molecule has 0 bridgehead atoms. The van der Waals surface area contributed by atoms with Gasteiger partial charge in [0, 0.05) is 6.42 Å². The second-order valence-corrected chi connectivity index (χ2v) is 20.8. The zero-order valence-electron chi connectivity index (χ0n) is 44.1. The number of nitrogens with one attached hydrogen (secondary N) is 1. The first-order valence-corrected chi connectivity index (χ1v) is 29.9. The lowest BCUT2D eigenvalue weighted by Crippen LogP contribution is -2.45. The Morgan fingerprint density at radius 3 is 0.812 bits per heavy atom. The Balaban J connectivity index is 3.42. The molecule has 2 unspecified atom stereocenters. The smallest absolute Gasteiger partial charge is 0.220 e. The third-order valence-electron chi connectivity index (χ3n) is 14.3. The minimum absolute atomic E-state index is 0.0554. The van der Waals surface area contributed by atoms with Crippen molar-refractivity contribution in [1.29, 1.82) is 0 Å². The highest BCUT2D eigenvalue weighted by atomic mass is 16.3. The summed E-state index contributed by atoms with van der Waals surface area (Å²) in [5.74, 6) is -0.0554. The van der Waals surface area contributed by atoms with Crippen molar-refractivity contribution in [3.05, 3.63) is 12.2 Å². The van der Waals surface area contributed by atoms with E-state index >= 15 is 0 Å². The van der Waals surface area contributed by atoms with Gasteiger partial charge in [0.25, 0.3) is 0 Å². The average Bonchev–Trinajstić information content (AvgIpc) is 3.30. The van der Waals surface area contributed by atoms with E-state index < -0.39 is 12.1 Å². The molecule has 0 aromatic carbocycles. The standard InChI is InChI=1S/C60H119NO3/c1-3-5-7-9-11-13-15-17-19-21-23-25-26-27-28-29-30-31-32-33-34-36-37-39-41-43-45-47-49-51-53-55-59(63)58(57-62)61-60(64)56-54-52-50-48-46-44-42-40-38-35-24-22-20-18-16-14-12-10-8-6-4-2/h53,55,58-59,62-63H,3-52,54,56-57H2,1-2H3,(H,61,64)/b55-53+. The summed E-state index contributed by atoms with van der Waals surface area (Å²) in [7, 11) is 0. The average molecular weight is 903 g/mol. The molecule has 2 atom stereocenters. The lowest BCUT2D eigenvalue weighted by molar-refractivity contribution is -0.123. The van der Waals surface area contributed by atoms with E-state index in [0.717, 1.165) is 25.7 Å². The van der Waals surface area contributed by atoms with Crippen molar-refractivity contribution in [2.24, 2.45) is 0 Å². The van der Waals surface area contributed by atoms with E-state index in [0.29, 0.717) is 6.42 Å². The summed E-state index contributed by atoms with van der Waals surface area (Å²) in [6.07, 6.45) is 74.0. The number of unbranched alkanes of at least 4 members (excludes halogenated alkanes) is 49. The molecule has 0 aliphatic heterocycles. The molecular formula is C60H119NO3. The molecule has 0 heterocycles. The molecule has 4 heteroatoms. The van der Waals surface area contributed by atoms with Crippen LogP contribution in [0.25, 0.3) is 0 Å². The van der Waals surface area contributed by atoms with E-state index in [4.69, 9.17) is 0 Å². The zero-order valence-corrected chi connectivity index (χ0v) is 44.1. The van der Waals surface area contributed by atoms with Gasteiger partial charge in [-0.3, -0.25) is 4.79 Å². The first kappa shape index (κ1) is 63.1. The number of amides is 1. The predicted molar refractivity (Wildman–Crippen MR) is 286 cm³/mol. The Labute approximate surface area is 403 Å². The molecule has 382 valence electrons. The van der Waals surface area contributed by atoms with Crippen molar-refractivity contribution >= 4 is 5.91 Å². The zero-order chi connectivity index (χ0) is 46.3. The molecule has 1 amide bonds. The van der Waals surface area contributed by atoms with E-state index in [1.807, 2.05) is 6.08 Å². The van der Waals surface area contributed by atoms with Gasteiger partial charge in [0.1, 0.15) is 0 Å². The van der Waals surface area contributed by atoms with E-state index in [9.17, 15) is 15.0 Å². The van der Waals surface area contributed by atoms with Crippen LogP contribution in [0.5, 0.6) is 0 Å². The second kappa shape index (κ2) is 56.5. The predicted octanol–water partition coefficient (Wildman–Crippen LogP) is 19.7. The molecule has 0 saturated carbocycles. The van der Waals surface area contributed by atoms with Gasteiger partial charge in [-0.15, -0.1) is 0 Å². The second-order valence-electron chi connectivity index (χ2n) is 20.8. The number of aliphatic hydroxyl groups is 2. The van der Waals surface area contributed by atoms with Gasteiger partial charge in [-0.1, -0.05) is 334 Å². The number of hydrogen-bond acceptors (Lipinski definition) is 3. The maximum Gasteiger partial charge on any atom is 0.220 e. The van der Waals surface area contributed by atoms with Gasteiger partial charge in [0.2, 0.25) is 5.91 Å². The van der Waals surface area contributed by atoms with Gasteiger partial charge >= 0.3 is 0 Å². The SMILES string of the molecule is CCCCCCCCCCCCCCCCCCCCCCCCCCCCCCC/C=C/C(O)C(CO)NC(=O)CCCCCCCCCCCCCCCCCCCCCCC. The van der Waals surface area contributed by atoms with Crippen LogP contribution in [0.1, 0.15) is 348 Å². The highest BCUT2D eigenvalue weighted by Crippen LogP contribution is 2.18. The van der Waals surface area contributed by atoms with Gasteiger partial charge in [0.05, 0.1) is 18.8 Å². The van der Waals surface area contributed by atoms with E-state index in [-0.39, 0.29) is 12.5 Å². The fraction of sp³-hybridized carbons (Fsp3) is 0.950. The summed E-state index contributed by atoms with van der Waals surface area (Å²) >= 11 is 0. The van der Waals surface area contributed by atoms with Crippen LogP contribution in [0, 0.1) is 0 Å². The molecule has 0 fully saturated rings. The summed E-state index contributed by atoms with van der Waals surface area (Å²) in [6, 6.07) is -0.618. The molecule has 0 aromatic rings.